The van der Waals surface area contributed by atoms with Crippen molar-refractivity contribution in [1.29, 1.82) is 0 Å². The molecule has 0 saturated heterocycles. The van der Waals surface area contributed by atoms with E-state index in [0.29, 0.717) is 17.5 Å². The molecule has 0 aliphatic rings. The van der Waals surface area contributed by atoms with Crippen molar-refractivity contribution in [1.82, 2.24) is 10.2 Å². The van der Waals surface area contributed by atoms with E-state index in [2.05, 4.69) is 15.5 Å². The SMILES string of the molecule is COc1ccc(CCc2nnc(NC(=O)CC(C)C)s2)cc1. The first kappa shape index (κ1) is 16.4. The minimum atomic E-state index is -0.00662. The highest BCUT2D eigenvalue weighted by molar-refractivity contribution is 7.15. The molecule has 2 aromatic rings. The lowest BCUT2D eigenvalue weighted by molar-refractivity contribution is -0.116. The smallest absolute Gasteiger partial charge is 0.226 e. The van der Waals surface area contributed by atoms with Crippen LogP contribution >= 0.6 is 11.3 Å². The van der Waals surface area contributed by atoms with Crippen molar-refractivity contribution in [2.75, 3.05) is 12.4 Å². The van der Waals surface area contributed by atoms with Gasteiger partial charge in [-0.25, -0.2) is 0 Å². The Kier molecular flexibility index (Phi) is 5.89. The normalized spacial score (nSPS) is 10.7. The van der Waals surface area contributed by atoms with Crippen molar-refractivity contribution >= 4 is 22.4 Å². The highest BCUT2D eigenvalue weighted by Crippen LogP contribution is 2.19. The van der Waals surface area contributed by atoms with Gasteiger partial charge in [-0.2, -0.15) is 0 Å². The Bertz CT molecular complexity index is 608. The molecule has 0 saturated carbocycles. The van der Waals surface area contributed by atoms with E-state index in [1.165, 1.54) is 16.9 Å². The summed E-state index contributed by atoms with van der Waals surface area (Å²) < 4.78 is 5.14. The van der Waals surface area contributed by atoms with E-state index < -0.39 is 0 Å². The summed E-state index contributed by atoms with van der Waals surface area (Å²) >= 11 is 1.44. The molecule has 0 aliphatic carbocycles. The Hall–Kier alpha value is -1.95. The van der Waals surface area contributed by atoms with Gasteiger partial charge in [0.05, 0.1) is 7.11 Å². The number of nitrogens with one attached hydrogen (secondary N) is 1. The maximum Gasteiger partial charge on any atom is 0.226 e. The number of hydrogen-bond acceptors (Lipinski definition) is 5. The molecular weight excluding hydrogens is 298 g/mol. The van der Waals surface area contributed by atoms with E-state index in [9.17, 15) is 4.79 Å². The Morgan fingerprint density at radius 1 is 1.23 bits per heavy atom. The van der Waals surface area contributed by atoms with Gasteiger partial charge >= 0.3 is 0 Å². The van der Waals surface area contributed by atoms with Crippen molar-refractivity contribution in [2.45, 2.75) is 33.1 Å². The number of ether oxygens (including phenoxy) is 1. The molecule has 5 nitrogen and oxygen atoms in total. The maximum atomic E-state index is 11.7. The molecule has 0 spiro atoms. The molecule has 1 amide bonds. The third-order valence-electron chi connectivity index (χ3n) is 3.09. The van der Waals surface area contributed by atoms with E-state index in [4.69, 9.17) is 4.74 Å². The largest absolute Gasteiger partial charge is 0.497 e. The van der Waals surface area contributed by atoms with Gasteiger partial charge in [0.15, 0.2) is 0 Å². The van der Waals surface area contributed by atoms with Gasteiger partial charge in [-0.3, -0.25) is 4.79 Å². The van der Waals surface area contributed by atoms with Crippen molar-refractivity contribution in [3.63, 3.8) is 0 Å². The lowest BCUT2D eigenvalue weighted by Crippen LogP contribution is -2.13. The molecule has 0 aliphatic heterocycles. The number of benzene rings is 1. The van der Waals surface area contributed by atoms with Crippen LogP contribution in [0.1, 0.15) is 30.8 Å². The quantitative estimate of drug-likeness (QED) is 0.850. The van der Waals surface area contributed by atoms with E-state index in [1.54, 1.807) is 7.11 Å². The second-order valence-electron chi connectivity index (χ2n) is 5.50. The zero-order valence-corrected chi connectivity index (χ0v) is 13.9. The molecule has 0 bridgehead atoms. The van der Waals surface area contributed by atoms with Crippen molar-refractivity contribution < 1.29 is 9.53 Å². The van der Waals surface area contributed by atoms with Crippen molar-refractivity contribution in [3.05, 3.63) is 34.8 Å². The fraction of sp³-hybridized carbons (Fsp3) is 0.438. The number of anilines is 1. The molecule has 6 heteroatoms. The zero-order chi connectivity index (χ0) is 15.9. The van der Waals surface area contributed by atoms with E-state index >= 15 is 0 Å². The third kappa shape index (κ3) is 5.11. The second-order valence-corrected chi connectivity index (χ2v) is 6.56. The highest BCUT2D eigenvalue weighted by atomic mass is 32.1. The molecule has 118 valence electrons. The summed E-state index contributed by atoms with van der Waals surface area (Å²) in [5.74, 6) is 1.19. The Balaban J connectivity index is 1.85. The number of amides is 1. The van der Waals surface area contributed by atoms with Crippen LogP contribution in [0.2, 0.25) is 0 Å². The van der Waals surface area contributed by atoms with Crippen LogP contribution in [-0.2, 0) is 17.6 Å². The molecule has 0 atom stereocenters. The number of carbonyl (C=O) groups excluding carboxylic acids is 1. The van der Waals surface area contributed by atoms with Crippen LogP contribution in [0.3, 0.4) is 0 Å². The van der Waals surface area contributed by atoms with Crippen LogP contribution in [0.5, 0.6) is 5.75 Å². The van der Waals surface area contributed by atoms with Crippen LogP contribution in [-0.4, -0.2) is 23.2 Å². The number of aryl methyl sites for hydroxylation is 2. The van der Waals surface area contributed by atoms with Crippen LogP contribution in [0, 0.1) is 5.92 Å². The van der Waals surface area contributed by atoms with Gasteiger partial charge in [0.1, 0.15) is 10.8 Å². The van der Waals surface area contributed by atoms with Crippen molar-refractivity contribution in [3.8, 4) is 5.75 Å². The average Bonchev–Trinajstić information content (AvgIpc) is 2.92. The van der Waals surface area contributed by atoms with Crippen LogP contribution in [0.15, 0.2) is 24.3 Å². The number of hydrogen-bond donors (Lipinski definition) is 1. The monoisotopic (exact) mass is 319 g/mol. The molecule has 2 rings (SSSR count). The van der Waals surface area contributed by atoms with Gasteiger partial charge in [0.2, 0.25) is 11.0 Å². The number of carbonyl (C=O) groups is 1. The molecule has 0 radical (unpaired) electrons. The molecule has 1 aromatic carbocycles. The number of aromatic nitrogens is 2. The third-order valence-corrected chi connectivity index (χ3v) is 3.99. The number of rotatable bonds is 7. The first-order valence-electron chi connectivity index (χ1n) is 7.32. The van der Waals surface area contributed by atoms with E-state index in [-0.39, 0.29) is 5.91 Å². The van der Waals surface area contributed by atoms with Gasteiger partial charge in [0, 0.05) is 12.8 Å². The predicted octanol–water partition coefficient (Wildman–Crippen LogP) is 3.32. The fourth-order valence-corrected chi connectivity index (χ4v) is 2.75. The lowest BCUT2D eigenvalue weighted by atomic mass is 10.1. The van der Waals surface area contributed by atoms with Gasteiger partial charge < -0.3 is 10.1 Å². The van der Waals surface area contributed by atoms with E-state index in [1.807, 2.05) is 38.1 Å². The maximum absolute atomic E-state index is 11.7. The van der Waals surface area contributed by atoms with Gasteiger partial charge in [-0.05, 0) is 30.0 Å². The summed E-state index contributed by atoms with van der Waals surface area (Å²) in [4.78, 5) is 11.7. The average molecular weight is 319 g/mol. The first-order chi connectivity index (χ1) is 10.6. The molecular formula is C16H21N3O2S. The summed E-state index contributed by atoms with van der Waals surface area (Å²) in [6.45, 7) is 4.03. The Labute approximate surface area is 134 Å². The molecule has 0 fully saturated rings. The predicted molar refractivity (Wildman–Crippen MR) is 88.4 cm³/mol. The van der Waals surface area contributed by atoms with Crippen LogP contribution in [0.25, 0.3) is 0 Å². The van der Waals surface area contributed by atoms with Gasteiger partial charge in [0.25, 0.3) is 0 Å². The van der Waals surface area contributed by atoms with E-state index in [0.717, 1.165) is 23.6 Å². The summed E-state index contributed by atoms with van der Waals surface area (Å²) in [5.41, 5.74) is 1.22. The number of nitrogens with zero attached hydrogens (tertiary/aromatic N) is 2. The fourth-order valence-electron chi connectivity index (χ4n) is 1.99. The molecule has 0 unspecified atom stereocenters. The van der Waals surface area contributed by atoms with Gasteiger partial charge in [-0.15, -0.1) is 10.2 Å². The topological polar surface area (TPSA) is 64.1 Å². The van der Waals surface area contributed by atoms with Crippen LogP contribution < -0.4 is 10.1 Å². The summed E-state index contributed by atoms with van der Waals surface area (Å²) in [6.07, 6.45) is 2.20. The van der Waals surface area contributed by atoms with Crippen LogP contribution in [0.4, 0.5) is 5.13 Å². The summed E-state index contributed by atoms with van der Waals surface area (Å²) in [7, 11) is 1.66. The lowest BCUT2D eigenvalue weighted by Gasteiger charge is -2.03. The zero-order valence-electron chi connectivity index (χ0n) is 13.1. The first-order valence-corrected chi connectivity index (χ1v) is 8.13. The second kappa shape index (κ2) is 7.89. The summed E-state index contributed by atoms with van der Waals surface area (Å²) in [5, 5.41) is 12.4. The Morgan fingerprint density at radius 3 is 2.59 bits per heavy atom. The molecule has 22 heavy (non-hydrogen) atoms. The molecule has 1 heterocycles. The minimum absolute atomic E-state index is 0.00662. The highest BCUT2D eigenvalue weighted by Gasteiger charge is 2.09. The molecule has 1 N–H and O–H groups in total. The number of methoxy groups -OCH3 is 1. The summed E-state index contributed by atoms with van der Waals surface area (Å²) in [6, 6.07) is 8.00. The minimum Gasteiger partial charge on any atom is -0.497 e. The van der Waals surface area contributed by atoms with Crippen molar-refractivity contribution in [2.24, 2.45) is 5.92 Å². The molecule has 1 aromatic heterocycles. The standard InChI is InChI=1S/C16H21N3O2S/c1-11(2)10-14(20)17-16-19-18-15(22-16)9-6-12-4-7-13(21-3)8-5-12/h4-5,7-8,11H,6,9-10H2,1-3H3,(H,17,19,20). The van der Waals surface area contributed by atoms with Gasteiger partial charge in [-0.1, -0.05) is 37.3 Å². The Morgan fingerprint density at radius 2 is 1.95 bits per heavy atom.